The van der Waals surface area contributed by atoms with Gasteiger partial charge in [0, 0.05) is 42.0 Å². The van der Waals surface area contributed by atoms with Crippen molar-refractivity contribution in [3.63, 3.8) is 0 Å². The van der Waals surface area contributed by atoms with Crippen molar-refractivity contribution in [3.8, 4) is 0 Å². The summed E-state index contributed by atoms with van der Waals surface area (Å²) in [6.45, 7) is 10.2. The Labute approximate surface area is 164 Å². The predicted octanol–water partition coefficient (Wildman–Crippen LogP) is 4.88. The van der Waals surface area contributed by atoms with E-state index in [1.54, 1.807) is 6.07 Å². The number of benzene rings is 2. The summed E-state index contributed by atoms with van der Waals surface area (Å²) >= 11 is 6.31. The lowest BCUT2D eigenvalue weighted by Gasteiger charge is -2.19. The second-order valence-corrected chi connectivity index (χ2v) is 7.40. The Morgan fingerprint density at radius 1 is 1.07 bits per heavy atom. The molecule has 0 unspecified atom stereocenters. The molecule has 0 amide bonds. The molecule has 0 saturated carbocycles. The molecular formula is C22H24ClN3O. The van der Waals surface area contributed by atoms with Crippen LogP contribution in [0.25, 0.3) is 32.7 Å². The third-order valence-electron chi connectivity index (χ3n) is 5.60. The van der Waals surface area contributed by atoms with Gasteiger partial charge >= 0.3 is 0 Å². The van der Waals surface area contributed by atoms with Crippen LogP contribution in [0.2, 0.25) is 5.02 Å². The average molecular weight is 382 g/mol. The van der Waals surface area contributed by atoms with E-state index in [9.17, 15) is 5.21 Å². The molecule has 2 aromatic carbocycles. The van der Waals surface area contributed by atoms with Crippen LogP contribution in [0.5, 0.6) is 0 Å². The number of halogens is 1. The maximum Gasteiger partial charge on any atom is 0.226 e. The number of hydrogen-bond acceptors (Lipinski definition) is 2. The fourth-order valence-corrected chi connectivity index (χ4v) is 4.29. The molecule has 2 heterocycles. The molecule has 0 spiro atoms. The van der Waals surface area contributed by atoms with E-state index in [-0.39, 0.29) is 0 Å². The molecule has 0 saturated heterocycles. The van der Waals surface area contributed by atoms with Gasteiger partial charge in [0.2, 0.25) is 5.52 Å². The van der Waals surface area contributed by atoms with Crippen molar-refractivity contribution in [1.29, 1.82) is 0 Å². The summed E-state index contributed by atoms with van der Waals surface area (Å²) in [5, 5.41) is 16.6. The molecule has 0 fully saturated rings. The summed E-state index contributed by atoms with van der Waals surface area (Å²) in [4.78, 5) is 2.42. The Hall–Kier alpha value is -2.30. The van der Waals surface area contributed by atoms with Gasteiger partial charge in [-0.05, 0) is 31.3 Å². The lowest BCUT2D eigenvalue weighted by atomic mass is 10.1. The van der Waals surface area contributed by atoms with Crippen molar-refractivity contribution in [2.24, 2.45) is 0 Å². The van der Waals surface area contributed by atoms with Crippen LogP contribution in [0.15, 0.2) is 42.5 Å². The van der Waals surface area contributed by atoms with E-state index in [1.165, 1.54) is 0 Å². The first-order valence-corrected chi connectivity index (χ1v) is 9.89. The van der Waals surface area contributed by atoms with E-state index < -0.39 is 0 Å². The molecule has 0 atom stereocenters. The molecule has 140 valence electrons. The van der Waals surface area contributed by atoms with E-state index in [4.69, 9.17) is 11.6 Å². The summed E-state index contributed by atoms with van der Waals surface area (Å²) in [7, 11) is 0. The van der Waals surface area contributed by atoms with Gasteiger partial charge in [-0.3, -0.25) is 0 Å². The maximum atomic E-state index is 12.9. The molecule has 4 nitrogen and oxygen atoms in total. The normalized spacial score (nSPS) is 12.0. The van der Waals surface area contributed by atoms with Crippen molar-refractivity contribution in [1.82, 2.24) is 9.47 Å². The van der Waals surface area contributed by atoms with Crippen molar-refractivity contribution in [2.75, 3.05) is 19.6 Å². The lowest BCUT2D eigenvalue weighted by Crippen LogP contribution is -2.31. The van der Waals surface area contributed by atoms with E-state index in [1.807, 2.05) is 25.1 Å². The third-order valence-corrected chi connectivity index (χ3v) is 5.84. The SMILES string of the molecule is CCN(CC)CCn1c2ccccc2c2c(C)[n+]([O-])c3ccc(Cl)cc3c21. The fraction of sp³-hybridized carbons (Fsp3) is 0.318. The predicted molar refractivity (Wildman–Crippen MR) is 113 cm³/mol. The van der Waals surface area contributed by atoms with Gasteiger partial charge < -0.3 is 14.7 Å². The highest BCUT2D eigenvalue weighted by atomic mass is 35.5. The van der Waals surface area contributed by atoms with Gasteiger partial charge in [0.05, 0.1) is 16.3 Å². The van der Waals surface area contributed by atoms with Crippen LogP contribution < -0.4 is 4.73 Å². The molecule has 2 aromatic heterocycles. The molecule has 5 heteroatoms. The zero-order chi connectivity index (χ0) is 19.1. The minimum atomic E-state index is 0.646. The molecule has 0 aliphatic carbocycles. The zero-order valence-electron chi connectivity index (χ0n) is 16.0. The Morgan fingerprint density at radius 3 is 2.56 bits per heavy atom. The number of rotatable bonds is 5. The second kappa shape index (κ2) is 7.02. The van der Waals surface area contributed by atoms with E-state index >= 15 is 0 Å². The van der Waals surface area contributed by atoms with Crippen LogP contribution in [0.1, 0.15) is 19.5 Å². The summed E-state index contributed by atoms with van der Waals surface area (Å²) in [6.07, 6.45) is 0. The first kappa shape index (κ1) is 18.1. The third kappa shape index (κ3) is 2.84. The lowest BCUT2D eigenvalue weighted by molar-refractivity contribution is -0.582. The van der Waals surface area contributed by atoms with Crippen LogP contribution in [0.4, 0.5) is 0 Å². The van der Waals surface area contributed by atoms with Crippen LogP contribution in [0, 0.1) is 12.1 Å². The van der Waals surface area contributed by atoms with Gasteiger partial charge in [-0.15, -0.1) is 0 Å². The van der Waals surface area contributed by atoms with Crippen molar-refractivity contribution in [3.05, 3.63) is 58.4 Å². The summed E-state index contributed by atoms with van der Waals surface area (Å²) < 4.78 is 3.39. The summed E-state index contributed by atoms with van der Waals surface area (Å²) in [5.74, 6) is 0. The summed E-state index contributed by atoms with van der Waals surface area (Å²) in [6, 6.07) is 13.9. The Kier molecular flexibility index (Phi) is 4.70. The van der Waals surface area contributed by atoms with Crippen molar-refractivity contribution < 1.29 is 4.73 Å². The highest BCUT2D eigenvalue weighted by molar-refractivity contribution is 6.32. The van der Waals surface area contributed by atoms with Gasteiger partial charge in [0.15, 0.2) is 5.69 Å². The topological polar surface area (TPSA) is 35.1 Å². The van der Waals surface area contributed by atoms with Crippen molar-refractivity contribution >= 4 is 44.3 Å². The first-order chi connectivity index (χ1) is 13.1. The number of fused-ring (bicyclic) bond motifs is 5. The number of aromatic nitrogens is 2. The standard InChI is InChI=1S/C22H24ClN3O/c1-4-24(5-2)12-13-25-19-9-7-6-8-17(19)21-15(3)26(27)20-11-10-16(23)14-18(20)22(21)25/h6-11,14H,4-5,12-13H2,1-3H3. The first-order valence-electron chi connectivity index (χ1n) is 9.51. The molecule has 0 aliphatic rings. The van der Waals surface area contributed by atoms with E-state index in [0.29, 0.717) is 10.5 Å². The van der Waals surface area contributed by atoms with E-state index in [2.05, 4.69) is 41.5 Å². The van der Waals surface area contributed by atoms with Gasteiger partial charge in [0.25, 0.3) is 0 Å². The minimum absolute atomic E-state index is 0.646. The van der Waals surface area contributed by atoms with Crippen LogP contribution in [-0.4, -0.2) is 29.1 Å². The Morgan fingerprint density at radius 2 is 1.81 bits per heavy atom. The largest absolute Gasteiger partial charge is 0.618 e. The van der Waals surface area contributed by atoms with Gasteiger partial charge in [-0.1, -0.05) is 43.6 Å². The summed E-state index contributed by atoms with van der Waals surface area (Å²) in [5.41, 5.74) is 3.66. The van der Waals surface area contributed by atoms with E-state index in [0.717, 1.165) is 63.8 Å². The maximum absolute atomic E-state index is 12.9. The molecule has 4 aromatic rings. The quantitative estimate of drug-likeness (QED) is 0.364. The molecule has 0 N–H and O–H groups in total. The molecule has 4 rings (SSSR count). The number of likely N-dealkylation sites (N-methyl/N-ethyl adjacent to an activating group) is 1. The number of para-hydroxylation sites is 1. The van der Waals surface area contributed by atoms with Crippen LogP contribution >= 0.6 is 11.6 Å². The highest BCUT2D eigenvalue weighted by Gasteiger charge is 2.22. The molecule has 27 heavy (non-hydrogen) atoms. The molecule has 0 aliphatic heterocycles. The number of nitrogens with zero attached hydrogens (tertiary/aromatic N) is 3. The second-order valence-electron chi connectivity index (χ2n) is 6.96. The Balaban J connectivity index is 2.10. The molecule has 0 radical (unpaired) electrons. The van der Waals surface area contributed by atoms with Gasteiger partial charge in [0.1, 0.15) is 0 Å². The van der Waals surface area contributed by atoms with Crippen molar-refractivity contribution in [2.45, 2.75) is 27.3 Å². The van der Waals surface area contributed by atoms with Crippen LogP contribution in [0.3, 0.4) is 0 Å². The average Bonchev–Trinajstić information content (AvgIpc) is 3.01. The highest BCUT2D eigenvalue weighted by Crippen LogP contribution is 2.35. The number of hydrogen-bond donors (Lipinski definition) is 0. The zero-order valence-corrected chi connectivity index (χ0v) is 16.8. The van der Waals surface area contributed by atoms with Gasteiger partial charge in [-0.2, -0.15) is 4.73 Å². The fourth-order valence-electron chi connectivity index (χ4n) is 4.12. The van der Waals surface area contributed by atoms with Gasteiger partial charge in [-0.25, -0.2) is 0 Å². The number of aryl methyl sites for hydroxylation is 1. The Bertz CT molecular complexity index is 1150. The minimum Gasteiger partial charge on any atom is -0.618 e. The number of pyridine rings is 1. The molecule has 0 bridgehead atoms. The monoisotopic (exact) mass is 381 g/mol. The molecular weight excluding hydrogens is 358 g/mol. The smallest absolute Gasteiger partial charge is 0.226 e. The van der Waals surface area contributed by atoms with Crippen LogP contribution in [-0.2, 0) is 6.54 Å².